The third-order valence-electron chi connectivity index (χ3n) is 4.19. The molecule has 116 valence electrons. The van der Waals surface area contributed by atoms with Crippen molar-refractivity contribution in [2.24, 2.45) is 0 Å². The minimum atomic E-state index is -0.218. The van der Waals surface area contributed by atoms with Crippen molar-refractivity contribution >= 4 is 33.2 Å². The fourth-order valence-corrected chi connectivity index (χ4v) is 3.87. The highest BCUT2D eigenvalue weighted by Gasteiger charge is 2.17. The first-order valence-corrected chi connectivity index (χ1v) is 8.28. The summed E-state index contributed by atoms with van der Waals surface area (Å²) in [4.78, 5) is 4.39. The maximum absolute atomic E-state index is 14.0. The lowest BCUT2D eigenvalue weighted by molar-refractivity contribution is 0.641. The molecule has 0 spiro atoms. The SMILES string of the molecule is C=Cc1c(C(=C)C)cc(C)c(-c2ccc(F)c3scnc23)c1C. The van der Waals surface area contributed by atoms with E-state index < -0.39 is 0 Å². The number of halogens is 1. The number of thiazole rings is 1. The molecule has 3 heteroatoms. The Kier molecular flexibility index (Phi) is 3.90. The van der Waals surface area contributed by atoms with Crippen LogP contribution < -0.4 is 0 Å². The molecule has 0 N–H and O–H groups in total. The lowest BCUT2D eigenvalue weighted by atomic mass is 9.87. The zero-order valence-electron chi connectivity index (χ0n) is 13.5. The van der Waals surface area contributed by atoms with E-state index in [0.29, 0.717) is 4.70 Å². The summed E-state index contributed by atoms with van der Waals surface area (Å²) >= 11 is 1.33. The van der Waals surface area contributed by atoms with Crippen LogP contribution in [0, 0.1) is 19.7 Å². The van der Waals surface area contributed by atoms with Crippen molar-refractivity contribution < 1.29 is 4.39 Å². The number of benzene rings is 2. The van der Waals surface area contributed by atoms with Crippen LogP contribution in [0.15, 0.2) is 36.9 Å². The van der Waals surface area contributed by atoms with E-state index in [1.54, 1.807) is 5.51 Å². The van der Waals surface area contributed by atoms with Gasteiger partial charge in [0.25, 0.3) is 0 Å². The highest BCUT2D eigenvalue weighted by atomic mass is 32.1. The first-order chi connectivity index (χ1) is 11.0. The number of rotatable bonds is 3. The standard InChI is InChI=1S/C20H18FNS/c1-6-14-13(5)18(12(4)9-16(14)11(2)3)15-7-8-17(21)20-19(15)22-10-23-20/h6-10H,1-2H2,3-5H3. The zero-order valence-corrected chi connectivity index (χ0v) is 14.4. The van der Waals surface area contributed by atoms with Crippen LogP contribution in [-0.4, -0.2) is 4.98 Å². The van der Waals surface area contributed by atoms with Crippen molar-refractivity contribution in [3.05, 3.63) is 64.9 Å². The summed E-state index contributed by atoms with van der Waals surface area (Å²) in [5.74, 6) is -0.218. The van der Waals surface area contributed by atoms with E-state index in [1.807, 2.05) is 19.1 Å². The van der Waals surface area contributed by atoms with Gasteiger partial charge in [-0.15, -0.1) is 11.3 Å². The summed E-state index contributed by atoms with van der Waals surface area (Å²) in [5, 5.41) is 0. The maximum Gasteiger partial charge on any atom is 0.142 e. The van der Waals surface area contributed by atoms with Gasteiger partial charge in [-0.05, 0) is 60.7 Å². The summed E-state index contributed by atoms with van der Waals surface area (Å²) < 4.78 is 14.6. The predicted molar refractivity (Wildman–Crippen MR) is 99.3 cm³/mol. The quantitative estimate of drug-likeness (QED) is 0.544. The van der Waals surface area contributed by atoms with Crippen molar-refractivity contribution in [2.45, 2.75) is 20.8 Å². The minimum absolute atomic E-state index is 0.218. The molecule has 3 aromatic rings. The number of aromatic nitrogens is 1. The van der Waals surface area contributed by atoms with Gasteiger partial charge in [0, 0.05) is 5.56 Å². The summed E-state index contributed by atoms with van der Waals surface area (Å²) in [7, 11) is 0. The Bertz CT molecular complexity index is 950. The van der Waals surface area contributed by atoms with E-state index >= 15 is 0 Å². The number of fused-ring (bicyclic) bond motifs is 1. The topological polar surface area (TPSA) is 12.9 Å². The third-order valence-corrected chi connectivity index (χ3v) is 5.03. The Balaban J connectivity index is 2.40. The molecule has 1 nitrogen and oxygen atoms in total. The normalized spacial score (nSPS) is 11.0. The van der Waals surface area contributed by atoms with Gasteiger partial charge in [-0.1, -0.05) is 30.9 Å². The summed E-state index contributed by atoms with van der Waals surface area (Å²) in [6, 6.07) is 5.47. The first-order valence-electron chi connectivity index (χ1n) is 7.40. The van der Waals surface area contributed by atoms with Gasteiger partial charge < -0.3 is 0 Å². The minimum Gasteiger partial charge on any atom is -0.244 e. The average Bonchev–Trinajstić information content (AvgIpc) is 2.99. The molecule has 0 amide bonds. The van der Waals surface area contributed by atoms with Crippen LogP contribution in [0.4, 0.5) is 4.39 Å². The Hall–Kier alpha value is -2.26. The van der Waals surface area contributed by atoms with Gasteiger partial charge in [0.2, 0.25) is 0 Å². The van der Waals surface area contributed by atoms with Crippen molar-refractivity contribution in [3.8, 4) is 11.1 Å². The summed E-state index contributed by atoms with van der Waals surface area (Å²) in [6.07, 6.45) is 1.87. The van der Waals surface area contributed by atoms with Gasteiger partial charge in [0.05, 0.1) is 15.7 Å². The Morgan fingerprint density at radius 1 is 1.30 bits per heavy atom. The van der Waals surface area contributed by atoms with Crippen molar-refractivity contribution in [1.82, 2.24) is 4.98 Å². The number of hydrogen-bond acceptors (Lipinski definition) is 2. The molecule has 23 heavy (non-hydrogen) atoms. The van der Waals surface area contributed by atoms with Crippen molar-refractivity contribution in [2.75, 3.05) is 0 Å². The lowest BCUT2D eigenvalue weighted by Gasteiger charge is -2.18. The largest absolute Gasteiger partial charge is 0.244 e. The second-order valence-corrected chi connectivity index (χ2v) is 6.62. The van der Waals surface area contributed by atoms with Gasteiger partial charge in [0.15, 0.2) is 0 Å². The fourth-order valence-electron chi connectivity index (χ4n) is 3.15. The van der Waals surface area contributed by atoms with Crippen LogP contribution in [0.1, 0.15) is 29.2 Å². The molecule has 1 heterocycles. The highest BCUT2D eigenvalue weighted by Crippen LogP contribution is 2.38. The lowest BCUT2D eigenvalue weighted by Crippen LogP contribution is -1.98. The highest BCUT2D eigenvalue weighted by molar-refractivity contribution is 7.16. The number of allylic oxidation sites excluding steroid dienone is 1. The van der Waals surface area contributed by atoms with E-state index in [1.165, 1.54) is 17.4 Å². The average molecular weight is 323 g/mol. The van der Waals surface area contributed by atoms with Crippen LogP contribution in [0.2, 0.25) is 0 Å². The predicted octanol–water partition coefficient (Wildman–Crippen LogP) is 6.40. The molecule has 0 aliphatic rings. The molecule has 0 aliphatic heterocycles. The molecule has 0 atom stereocenters. The number of aryl methyl sites for hydroxylation is 1. The number of nitrogens with zero attached hydrogens (tertiary/aromatic N) is 1. The third kappa shape index (κ3) is 2.41. The Morgan fingerprint density at radius 2 is 2.04 bits per heavy atom. The van der Waals surface area contributed by atoms with Crippen LogP contribution in [0.5, 0.6) is 0 Å². The first kappa shape index (κ1) is 15.6. The molecule has 0 aliphatic carbocycles. The summed E-state index contributed by atoms with van der Waals surface area (Å²) in [5.41, 5.74) is 9.93. The van der Waals surface area contributed by atoms with Crippen LogP contribution >= 0.6 is 11.3 Å². The molecule has 0 bridgehead atoms. The summed E-state index contributed by atoms with van der Waals surface area (Å²) in [6.45, 7) is 14.2. The van der Waals surface area contributed by atoms with Crippen LogP contribution in [0.3, 0.4) is 0 Å². The molecule has 0 radical (unpaired) electrons. The number of hydrogen-bond donors (Lipinski definition) is 0. The zero-order chi connectivity index (χ0) is 16.7. The maximum atomic E-state index is 14.0. The monoisotopic (exact) mass is 323 g/mol. The second-order valence-electron chi connectivity index (χ2n) is 5.76. The second kappa shape index (κ2) is 5.74. The molecule has 0 unspecified atom stereocenters. The molecule has 1 aromatic heterocycles. The van der Waals surface area contributed by atoms with Gasteiger partial charge in [-0.3, -0.25) is 0 Å². The molecular weight excluding hydrogens is 305 g/mol. The Labute approximate surface area is 139 Å². The Morgan fingerprint density at radius 3 is 2.70 bits per heavy atom. The van der Waals surface area contributed by atoms with Crippen LogP contribution in [-0.2, 0) is 0 Å². The molecular formula is C20H18FNS. The van der Waals surface area contributed by atoms with E-state index in [0.717, 1.165) is 44.5 Å². The van der Waals surface area contributed by atoms with E-state index in [9.17, 15) is 4.39 Å². The molecule has 3 rings (SSSR count). The molecule has 0 saturated carbocycles. The van der Waals surface area contributed by atoms with Gasteiger partial charge in [-0.2, -0.15) is 0 Å². The van der Waals surface area contributed by atoms with Crippen LogP contribution in [0.25, 0.3) is 33.0 Å². The van der Waals surface area contributed by atoms with E-state index in [-0.39, 0.29) is 5.82 Å². The smallest absolute Gasteiger partial charge is 0.142 e. The molecule has 0 fully saturated rings. The van der Waals surface area contributed by atoms with Gasteiger partial charge in [0.1, 0.15) is 5.82 Å². The van der Waals surface area contributed by atoms with E-state index in [2.05, 4.69) is 38.1 Å². The van der Waals surface area contributed by atoms with Gasteiger partial charge >= 0.3 is 0 Å². The van der Waals surface area contributed by atoms with Gasteiger partial charge in [-0.25, -0.2) is 9.37 Å². The van der Waals surface area contributed by atoms with Crippen molar-refractivity contribution in [1.29, 1.82) is 0 Å². The molecule has 2 aromatic carbocycles. The fraction of sp³-hybridized carbons (Fsp3) is 0.150. The van der Waals surface area contributed by atoms with Crippen molar-refractivity contribution in [3.63, 3.8) is 0 Å². The molecule has 0 saturated heterocycles. The van der Waals surface area contributed by atoms with E-state index in [4.69, 9.17) is 0 Å².